The van der Waals surface area contributed by atoms with Gasteiger partial charge in [0.15, 0.2) is 11.5 Å². The van der Waals surface area contributed by atoms with Crippen LogP contribution in [0.2, 0.25) is 0 Å². The van der Waals surface area contributed by atoms with Crippen molar-refractivity contribution in [3.63, 3.8) is 0 Å². The first-order valence-electron chi connectivity index (χ1n) is 7.05. The van der Waals surface area contributed by atoms with Gasteiger partial charge in [-0.15, -0.1) is 0 Å². The Bertz CT molecular complexity index is 608. The molecule has 0 bridgehead atoms. The molecule has 1 aromatic rings. The number of rotatable bonds is 6. The van der Waals surface area contributed by atoms with E-state index in [-0.39, 0.29) is 11.4 Å². The zero-order valence-electron chi connectivity index (χ0n) is 13.0. The second-order valence-corrected chi connectivity index (χ2v) is 8.39. The van der Waals surface area contributed by atoms with Crippen molar-refractivity contribution in [2.75, 3.05) is 26.5 Å². The van der Waals surface area contributed by atoms with Crippen LogP contribution in [0.1, 0.15) is 25.8 Å². The van der Waals surface area contributed by atoms with Crippen LogP contribution in [-0.4, -0.2) is 44.8 Å². The van der Waals surface area contributed by atoms with Crippen LogP contribution in [0.4, 0.5) is 0 Å². The summed E-state index contributed by atoms with van der Waals surface area (Å²) in [5.41, 5.74) is 0.925. The molecule has 0 unspecified atom stereocenters. The lowest BCUT2D eigenvalue weighted by molar-refractivity contribution is 0.132. The molecule has 0 N–H and O–H groups in total. The molecular formula is C15H23NO4S. The third-order valence-electron chi connectivity index (χ3n) is 3.42. The Labute approximate surface area is 126 Å². The normalized spacial score (nSPS) is 16.6. The minimum atomic E-state index is -3.16. The molecule has 21 heavy (non-hydrogen) atoms. The van der Waals surface area contributed by atoms with Gasteiger partial charge in [-0.05, 0) is 26.3 Å². The van der Waals surface area contributed by atoms with Crippen LogP contribution in [0.3, 0.4) is 0 Å². The van der Waals surface area contributed by atoms with Crippen LogP contribution >= 0.6 is 0 Å². The highest BCUT2D eigenvalue weighted by Crippen LogP contribution is 2.41. The van der Waals surface area contributed by atoms with Gasteiger partial charge in [0.2, 0.25) is 10.0 Å². The van der Waals surface area contributed by atoms with E-state index in [9.17, 15) is 8.42 Å². The molecule has 0 fully saturated rings. The van der Waals surface area contributed by atoms with E-state index in [1.165, 1.54) is 18.4 Å². The van der Waals surface area contributed by atoms with Crippen LogP contribution in [0.5, 0.6) is 11.5 Å². The summed E-state index contributed by atoms with van der Waals surface area (Å²) < 4.78 is 36.2. The SMILES string of the molecule is CN(C)S(=O)(=O)CCCOc1cccc2c1OC(C)(C)C2. The van der Waals surface area contributed by atoms with Gasteiger partial charge in [-0.25, -0.2) is 12.7 Å². The summed E-state index contributed by atoms with van der Waals surface area (Å²) >= 11 is 0. The molecule has 1 aliphatic rings. The number of hydrogen-bond donors (Lipinski definition) is 0. The highest BCUT2D eigenvalue weighted by atomic mass is 32.2. The topological polar surface area (TPSA) is 55.8 Å². The Hall–Kier alpha value is -1.27. The third kappa shape index (κ3) is 3.89. The van der Waals surface area contributed by atoms with Crippen molar-refractivity contribution in [3.05, 3.63) is 23.8 Å². The van der Waals surface area contributed by atoms with Crippen LogP contribution in [0, 0.1) is 0 Å². The summed E-state index contributed by atoms with van der Waals surface area (Å²) in [6.07, 6.45) is 1.31. The average molecular weight is 313 g/mol. The molecule has 0 aliphatic carbocycles. The fourth-order valence-electron chi connectivity index (χ4n) is 2.31. The Morgan fingerprint density at radius 2 is 2.05 bits per heavy atom. The van der Waals surface area contributed by atoms with E-state index >= 15 is 0 Å². The van der Waals surface area contributed by atoms with Crippen molar-refractivity contribution >= 4 is 10.0 Å². The maximum atomic E-state index is 11.7. The number of para-hydroxylation sites is 1. The molecule has 0 atom stereocenters. The van der Waals surface area contributed by atoms with Crippen molar-refractivity contribution in [2.45, 2.75) is 32.3 Å². The van der Waals surface area contributed by atoms with Gasteiger partial charge >= 0.3 is 0 Å². The molecule has 0 amide bonds. The van der Waals surface area contributed by atoms with Crippen molar-refractivity contribution < 1.29 is 17.9 Å². The van der Waals surface area contributed by atoms with Gasteiger partial charge in [0, 0.05) is 26.1 Å². The standard InChI is InChI=1S/C15H23NO4S/c1-15(2)11-12-7-5-8-13(14(12)20-15)19-9-6-10-21(17,18)16(3)4/h5,7-8H,6,9-11H2,1-4H3. The van der Waals surface area contributed by atoms with Gasteiger partial charge in [0.05, 0.1) is 12.4 Å². The van der Waals surface area contributed by atoms with E-state index in [1.54, 1.807) is 0 Å². The molecule has 2 rings (SSSR count). The van der Waals surface area contributed by atoms with E-state index < -0.39 is 10.0 Å². The van der Waals surface area contributed by atoms with E-state index in [1.807, 2.05) is 32.0 Å². The first kappa shape index (κ1) is 16.1. The highest BCUT2D eigenvalue weighted by Gasteiger charge is 2.32. The Kier molecular flexibility index (Phi) is 4.49. The maximum Gasteiger partial charge on any atom is 0.213 e. The minimum Gasteiger partial charge on any atom is -0.490 e. The minimum absolute atomic E-state index is 0.0847. The summed E-state index contributed by atoms with van der Waals surface area (Å²) in [5, 5.41) is 0. The smallest absolute Gasteiger partial charge is 0.213 e. The Balaban J connectivity index is 1.93. The zero-order valence-corrected chi connectivity index (χ0v) is 13.9. The monoisotopic (exact) mass is 313 g/mol. The number of nitrogens with zero attached hydrogens (tertiary/aromatic N) is 1. The van der Waals surface area contributed by atoms with Crippen LogP contribution < -0.4 is 9.47 Å². The van der Waals surface area contributed by atoms with Gasteiger partial charge in [0.25, 0.3) is 0 Å². The van der Waals surface area contributed by atoms with E-state index in [0.717, 1.165) is 17.7 Å². The summed E-state index contributed by atoms with van der Waals surface area (Å²) in [6.45, 7) is 4.44. The zero-order chi connectivity index (χ0) is 15.7. The number of sulfonamides is 1. The molecule has 5 nitrogen and oxygen atoms in total. The maximum absolute atomic E-state index is 11.7. The summed E-state index contributed by atoms with van der Waals surface area (Å²) in [5.74, 6) is 1.57. The lowest BCUT2D eigenvalue weighted by atomic mass is 10.0. The van der Waals surface area contributed by atoms with Crippen molar-refractivity contribution in [2.24, 2.45) is 0 Å². The van der Waals surface area contributed by atoms with Gasteiger partial charge in [-0.3, -0.25) is 0 Å². The van der Waals surface area contributed by atoms with Gasteiger partial charge < -0.3 is 9.47 Å². The molecule has 1 aliphatic heterocycles. The predicted octanol–water partition coefficient (Wildman–Crippen LogP) is 2.06. The predicted molar refractivity (Wildman–Crippen MR) is 82.4 cm³/mol. The third-order valence-corrected chi connectivity index (χ3v) is 5.33. The number of hydrogen-bond acceptors (Lipinski definition) is 4. The average Bonchev–Trinajstić information content (AvgIpc) is 2.69. The fourth-order valence-corrected chi connectivity index (χ4v) is 3.15. The van der Waals surface area contributed by atoms with Crippen molar-refractivity contribution in [1.82, 2.24) is 4.31 Å². The van der Waals surface area contributed by atoms with E-state index in [4.69, 9.17) is 9.47 Å². The Morgan fingerprint density at radius 1 is 1.33 bits per heavy atom. The summed E-state index contributed by atoms with van der Waals surface area (Å²) in [4.78, 5) is 0. The lowest BCUT2D eigenvalue weighted by Gasteiger charge is -2.18. The molecule has 0 aromatic heterocycles. The quantitative estimate of drug-likeness (QED) is 0.754. The van der Waals surface area contributed by atoms with Crippen LogP contribution in [-0.2, 0) is 16.4 Å². The molecule has 0 saturated carbocycles. The highest BCUT2D eigenvalue weighted by molar-refractivity contribution is 7.89. The first-order valence-corrected chi connectivity index (χ1v) is 8.66. The molecule has 0 radical (unpaired) electrons. The largest absolute Gasteiger partial charge is 0.490 e. The molecule has 118 valence electrons. The number of benzene rings is 1. The van der Waals surface area contributed by atoms with Crippen molar-refractivity contribution in [3.8, 4) is 11.5 Å². The summed E-state index contributed by atoms with van der Waals surface area (Å²) in [6, 6.07) is 5.84. The second kappa shape index (κ2) is 5.85. The van der Waals surface area contributed by atoms with E-state index in [0.29, 0.717) is 18.8 Å². The molecular weight excluding hydrogens is 290 g/mol. The Morgan fingerprint density at radius 3 is 2.71 bits per heavy atom. The van der Waals surface area contributed by atoms with Crippen molar-refractivity contribution in [1.29, 1.82) is 0 Å². The van der Waals surface area contributed by atoms with E-state index in [2.05, 4.69) is 0 Å². The molecule has 6 heteroatoms. The van der Waals surface area contributed by atoms with Crippen LogP contribution in [0.25, 0.3) is 0 Å². The fraction of sp³-hybridized carbons (Fsp3) is 0.600. The molecule has 1 aromatic carbocycles. The van der Waals surface area contributed by atoms with Gasteiger partial charge in [-0.1, -0.05) is 12.1 Å². The second-order valence-electron chi connectivity index (χ2n) is 6.08. The first-order chi connectivity index (χ1) is 9.71. The van der Waals surface area contributed by atoms with Gasteiger partial charge in [-0.2, -0.15) is 0 Å². The lowest BCUT2D eigenvalue weighted by Crippen LogP contribution is -2.26. The van der Waals surface area contributed by atoms with Crippen LogP contribution in [0.15, 0.2) is 18.2 Å². The molecule has 0 saturated heterocycles. The van der Waals surface area contributed by atoms with Gasteiger partial charge in [0.1, 0.15) is 5.60 Å². The molecule has 1 heterocycles. The number of ether oxygens (including phenoxy) is 2. The number of fused-ring (bicyclic) bond motifs is 1. The molecule has 0 spiro atoms. The summed E-state index contributed by atoms with van der Waals surface area (Å²) in [7, 11) is -0.0849.